The highest BCUT2D eigenvalue weighted by Crippen LogP contribution is 2.10. The first-order chi connectivity index (χ1) is 16.8. The van der Waals surface area contributed by atoms with Gasteiger partial charge >= 0.3 is 0 Å². The van der Waals surface area contributed by atoms with E-state index in [0.717, 1.165) is 26.2 Å². The first kappa shape index (κ1) is 34.5. The molecule has 0 aliphatic heterocycles. The fourth-order valence-electron chi connectivity index (χ4n) is 4.31. The second kappa shape index (κ2) is 23.9. The average Bonchev–Trinajstić information content (AvgIpc) is 2.87. The van der Waals surface area contributed by atoms with Crippen molar-refractivity contribution < 1.29 is 33.9 Å². The van der Waals surface area contributed by atoms with Crippen LogP contribution in [0, 0.1) is 0 Å². The first-order valence-electron chi connectivity index (χ1n) is 14.3. The Bertz CT molecular complexity index is 659. The zero-order valence-electron chi connectivity index (χ0n) is 23.0. The Morgan fingerprint density at radius 2 is 0.806 bits per heavy atom. The quantitative estimate of drug-likeness (QED) is 0.185. The van der Waals surface area contributed by atoms with Crippen molar-refractivity contribution in [1.82, 2.24) is 0 Å². The van der Waals surface area contributed by atoms with Gasteiger partial charge < -0.3 is 35.4 Å². The molecule has 0 radical (unpaired) electrons. The van der Waals surface area contributed by atoms with Crippen LogP contribution in [0.5, 0.6) is 0 Å². The summed E-state index contributed by atoms with van der Waals surface area (Å²) < 4.78 is 4.65. The van der Waals surface area contributed by atoms with E-state index in [9.17, 15) is 0 Å². The Morgan fingerprint density at radius 3 is 1.14 bits per heavy atom. The number of rotatable bonds is 21. The summed E-state index contributed by atoms with van der Waals surface area (Å²) in [6, 6.07) is 8.85. The molecule has 6 heteroatoms. The molecule has 0 fully saturated rings. The standard InChI is InChI=1S/C30H50N4.2ClH/c1-3-5-13-21-31-29-17-25-33(26-18-29)23-15-11-9-7-8-10-12-16-24-34-27-19-30(20-28-34)32-22-14-6-4-2;;/h17-20,25-28H,3-16,21-24H2,1-2H3;2*1H. The molecule has 0 bridgehead atoms. The van der Waals surface area contributed by atoms with Gasteiger partial charge in [0.05, 0.1) is 0 Å². The molecule has 2 heterocycles. The molecule has 2 aromatic rings. The topological polar surface area (TPSA) is 31.8 Å². The summed E-state index contributed by atoms with van der Waals surface area (Å²) in [6.07, 6.45) is 27.4. The zero-order chi connectivity index (χ0) is 24.1. The lowest BCUT2D eigenvalue weighted by molar-refractivity contribution is -0.697. The molecule has 0 unspecified atom stereocenters. The Kier molecular flexibility index (Phi) is 22.8. The van der Waals surface area contributed by atoms with E-state index in [-0.39, 0.29) is 24.8 Å². The van der Waals surface area contributed by atoms with Gasteiger partial charge in [0.1, 0.15) is 13.1 Å². The maximum absolute atomic E-state index is 3.52. The number of unbranched alkanes of at least 4 members (excludes halogenated alkanes) is 11. The van der Waals surface area contributed by atoms with Crippen LogP contribution >= 0.6 is 0 Å². The molecule has 206 valence electrons. The van der Waals surface area contributed by atoms with Gasteiger partial charge in [-0.2, -0.15) is 0 Å². The SMILES string of the molecule is CCCCCNc1cc[n+](CCCCCCCCCC[n+]2ccc(NCCCCC)cc2)cc1.[Cl-].[Cl-]. The molecule has 2 N–H and O–H groups in total. The first-order valence-corrected chi connectivity index (χ1v) is 14.3. The van der Waals surface area contributed by atoms with Crippen LogP contribution in [-0.4, -0.2) is 13.1 Å². The number of pyridine rings is 2. The number of nitrogens with one attached hydrogen (secondary N) is 2. The molecule has 0 saturated heterocycles. The van der Waals surface area contributed by atoms with Gasteiger partial charge in [-0.25, -0.2) is 9.13 Å². The normalized spacial score (nSPS) is 10.4. The van der Waals surface area contributed by atoms with E-state index in [4.69, 9.17) is 0 Å². The van der Waals surface area contributed by atoms with Crippen LogP contribution in [0.15, 0.2) is 49.1 Å². The minimum absolute atomic E-state index is 0. The molecule has 0 spiro atoms. The fraction of sp³-hybridized carbons (Fsp3) is 0.667. The predicted molar refractivity (Wildman–Crippen MR) is 146 cm³/mol. The third-order valence-electron chi connectivity index (χ3n) is 6.58. The Morgan fingerprint density at radius 1 is 0.472 bits per heavy atom. The van der Waals surface area contributed by atoms with Crippen molar-refractivity contribution in [3.05, 3.63) is 49.1 Å². The summed E-state index contributed by atoms with van der Waals surface area (Å²) >= 11 is 0. The van der Waals surface area contributed by atoms with E-state index in [0.29, 0.717) is 0 Å². The number of hydrogen-bond donors (Lipinski definition) is 2. The van der Waals surface area contributed by atoms with E-state index in [2.05, 4.69) is 82.7 Å². The van der Waals surface area contributed by atoms with Crippen molar-refractivity contribution in [1.29, 1.82) is 0 Å². The lowest BCUT2D eigenvalue weighted by Crippen LogP contribution is -3.00. The molecule has 0 aliphatic carbocycles. The fourth-order valence-corrected chi connectivity index (χ4v) is 4.31. The summed E-state index contributed by atoms with van der Waals surface area (Å²) in [5.74, 6) is 0. The summed E-state index contributed by atoms with van der Waals surface area (Å²) in [7, 11) is 0. The molecule has 0 atom stereocenters. The van der Waals surface area contributed by atoms with E-state index < -0.39 is 0 Å². The predicted octanol–water partition coefficient (Wildman–Crippen LogP) is 1.29. The van der Waals surface area contributed by atoms with Crippen molar-refractivity contribution in [2.24, 2.45) is 0 Å². The van der Waals surface area contributed by atoms with Crippen LogP contribution in [0.2, 0.25) is 0 Å². The van der Waals surface area contributed by atoms with Gasteiger partial charge in [-0.05, 0) is 25.7 Å². The smallest absolute Gasteiger partial charge is 0.170 e. The second-order valence-corrected chi connectivity index (χ2v) is 9.75. The van der Waals surface area contributed by atoms with Gasteiger partial charge in [0.25, 0.3) is 0 Å². The van der Waals surface area contributed by atoms with Crippen molar-refractivity contribution in [3.63, 3.8) is 0 Å². The number of aromatic nitrogens is 2. The van der Waals surface area contributed by atoms with E-state index in [1.54, 1.807) is 0 Å². The Hall–Kier alpha value is -1.52. The van der Waals surface area contributed by atoms with Gasteiger partial charge in [-0.3, -0.25) is 0 Å². The number of anilines is 2. The van der Waals surface area contributed by atoms with Crippen LogP contribution in [0.1, 0.15) is 104 Å². The maximum Gasteiger partial charge on any atom is 0.170 e. The van der Waals surface area contributed by atoms with Crippen LogP contribution in [-0.2, 0) is 13.1 Å². The summed E-state index contributed by atoms with van der Waals surface area (Å²) in [5.41, 5.74) is 2.50. The van der Waals surface area contributed by atoms with Crippen LogP contribution in [0.4, 0.5) is 11.4 Å². The Labute approximate surface area is 234 Å². The number of aryl methyl sites for hydroxylation is 2. The van der Waals surface area contributed by atoms with Gasteiger partial charge in [0.2, 0.25) is 0 Å². The molecule has 2 aromatic heterocycles. The molecule has 2 rings (SSSR count). The summed E-state index contributed by atoms with van der Waals surface area (Å²) in [6.45, 7) is 8.95. The molecular weight excluding hydrogens is 487 g/mol. The highest BCUT2D eigenvalue weighted by Gasteiger charge is 2.03. The monoisotopic (exact) mass is 538 g/mol. The van der Waals surface area contributed by atoms with Crippen molar-refractivity contribution in [2.75, 3.05) is 23.7 Å². The lowest BCUT2D eigenvalue weighted by atomic mass is 10.1. The Balaban J connectivity index is 0.00000612. The second-order valence-electron chi connectivity index (χ2n) is 9.75. The molecule has 0 amide bonds. The third kappa shape index (κ3) is 17.0. The van der Waals surface area contributed by atoms with Gasteiger partial charge in [-0.1, -0.05) is 65.2 Å². The lowest BCUT2D eigenvalue weighted by Gasteiger charge is -2.05. The van der Waals surface area contributed by atoms with E-state index in [1.165, 1.54) is 101 Å². The van der Waals surface area contributed by atoms with Crippen molar-refractivity contribution in [2.45, 2.75) is 117 Å². The maximum atomic E-state index is 3.52. The average molecular weight is 540 g/mol. The number of nitrogens with zero attached hydrogens (tertiary/aromatic N) is 2. The highest BCUT2D eigenvalue weighted by atomic mass is 35.5. The third-order valence-corrected chi connectivity index (χ3v) is 6.58. The molecular formula is C30H52Cl2N4. The minimum Gasteiger partial charge on any atom is -1.00 e. The number of hydrogen-bond acceptors (Lipinski definition) is 2. The minimum atomic E-state index is 0. The largest absolute Gasteiger partial charge is 1.00 e. The number of halogens is 2. The summed E-state index contributed by atoms with van der Waals surface area (Å²) in [4.78, 5) is 0. The van der Waals surface area contributed by atoms with Crippen molar-refractivity contribution >= 4 is 11.4 Å². The van der Waals surface area contributed by atoms with E-state index >= 15 is 0 Å². The van der Waals surface area contributed by atoms with Crippen LogP contribution < -0.4 is 44.6 Å². The van der Waals surface area contributed by atoms with Crippen molar-refractivity contribution in [3.8, 4) is 0 Å². The summed E-state index contributed by atoms with van der Waals surface area (Å²) in [5, 5.41) is 7.03. The molecule has 4 nitrogen and oxygen atoms in total. The van der Waals surface area contributed by atoms with Gasteiger partial charge in [0.15, 0.2) is 24.8 Å². The van der Waals surface area contributed by atoms with Gasteiger partial charge in [0, 0.05) is 61.6 Å². The highest BCUT2D eigenvalue weighted by molar-refractivity contribution is 5.40. The van der Waals surface area contributed by atoms with Crippen LogP contribution in [0.3, 0.4) is 0 Å². The molecule has 0 aromatic carbocycles. The zero-order valence-corrected chi connectivity index (χ0v) is 24.5. The molecule has 36 heavy (non-hydrogen) atoms. The van der Waals surface area contributed by atoms with Gasteiger partial charge in [-0.15, -0.1) is 0 Å². The van der Waals surface area contributed by atoms with E-state index in [1.807, 2.05) is 0 Å². The molecule has 0 saturated carbocycles. The molecule has 0 aliphatic rings. The van der Waals surface area contributed by atoms with Crippen LogP contribution in [0.25, 0.3) is 0 Å².